The van der Waals surface area contributed by atoms with E-state index in [1.165, 1.54) is 34.6 Å². The van der Waals surface area contributed by atoms with Crippen molar-refractivity contribution in [1.29, 1.82) is 0 Å². The minimum atomic E-state index is -0.185. The summed E-state index contributed by atoms with van der Waals surface area (Å²) in [5.74, 6) is 0.324. The van der Waals surface area contributed by atoms with Crippen LogP contribution in [0.3, 0.4) is 0 Å². The second kappa shape index (κ2) is 6.23. The number of allylic oxidation sites excluding steroid dienone is 1. The van der Waals surface area contributed by atoms with Crippen LogP contribution < -0.4 is 0 Å². The van der Waals surface area contributed by atoms with Crippen LogP contribution in [0.5, 0.6) is 0 Å². The molecule has 1 saturated heterocycles. The van der Waals surface area contributed by atoms with Crippen LogP contribution >= 0.6 is 0 Å². The Morgan fingerprint density at radius 1 is 1.41 bits per heavy atom. The molecule has 0 bridgehead atoms. The fourth-order valence-electron chi connectivity index (χ4n) is 5.28. The number of rotatable bonds is 3. The van der Waals surface area contributed by atoms with Crippen LogP contribution in [0.15, 0.2) is 30.9 Å². The van der Waals surface area contributed by atoms with Gasteiger partial charge in [-0.15, -0.1) is 6.58 Å². The Kier molecular flexibility index (Phi) is 4.22. The Hall–Kier alpha value is -2.07. The van der Waals surface area contributed by atoms with Gasteiger partial charge in [0.2, 0.25) is 0 Å². The molecule has 144 valence electrons. The summed E-state index contributed by atoms with van der Waals surface area (Å²) in [4.78, 5) is 18.0. The van der Waals surface area contributed by atoms with Gasteiger partial charge in [0.05, 0.1) is 0 Å². The van der Waals surface area contributed by atoms with Crippen molar-refractivity contribution >= 4 is 16.9 Å². The number of nitrogens with one attached hydrogen (secondary N) is 1. The number of carbonyl (C=O) groups is 1. The number of esters is 1. The number of aromatic nitrogens is 1. The van der Waals surface area contributed by atoms with Crippen LogP contribution in [0.25, 0.3) is 10.9 Å². The van der Waals surface area contributed by atoms with Crippen molar-refractivity contribution in [2.75, 3.05) is 13.6 Å². The highest BCUT2D eigenvalue weighted by Gasteiger charge is 2.47. The van der Waals surface area contributed by atoms with E-state index in [-0.39, 0.29) is 23.4 Å². The predicted octanol–water partition coefficient (Wildman–Crippen LogP) is 4.15. The van der Waals surface area contributed by atoms with E-state index in [1.54, 1.807) is 0 Å². The van der Waals surface area contributed by atoms with E-state index in [0.717, 1.165) is 13.0 Å². The van der Waals surface area contributed by atoms with E-state index in [4.69, 9.17) is 4.74 Å². The van der Waals surface area contributed by atoms with Crippen LogP contribution in [0.1, 0.15) is 50.4 Å². The van der Waals surface area contributed by atoms with E-state index >= 15 is 0 Å². The van der Waals surface area contributed by atoms with Crippen LogP contribution in [0.4, 0.5) is 0 Å². The second-order valence-corrected chi connectivity index (χ2v) is 8.96. The zero-order valence-corrected chi connectivity index (χ0v) is 17.0. The number of nitrogens with zero attached hydrogens (tertiary/aromatic N) is 1. The summed E-state index contributed by atoms with van der Waals surface area (Å²) in [7, 11) is 2.20. The lowest BCUT2D eigenvalue weighted by Gasteiger charge is -2.49. The van der Waals surface area contributed by atoms with Crippen LogP contribution in [-0.2, 0) is 21.4 Å². The van der Waals surface area contributed by atoms with E-state index in [0.29, 0.717) is 12.0 Å². The number of ether oxygens (including phenoxy) is 1. The van der Waals surface area contributed by atoms with Crippen LogP contribution in [-0.4, -0.2) is 41.6 Å². The molecule has 1 aromatic carbocycles. The number of fused-ring (bicyclic) bond motifs is 2. The molecule has 0 unspecified atom stereocenters. The molecule has 2 aromatic rings. The minimum Gasteiger partial charge on any atom is -0.462 e. The van der Waals surface area contributed by atoms with Crippen LogP contribution in [0, 0.1) is 5.92 Å². The Bertz CT molecular complexity index is 910. The fourth-order valence-corrected chi connectivity index (χ4v) is 5.28. The Labute approximate surface area is 161 Å². The molecule has 27 heavy (non-hydrogen) atoms. The molecule has 0 radical (unpaired) electrons. The number of carbonyl (C=O) groups excluding carboxylic acids is 1. The normalized spacial score (nSPS) is 28.0. The third-order valence-corrected chi connectivity index (χ3v) is 6.66. The highest BCUT2D eigenvalue weighted by atomic mass is 16.5. The van der Waals surface area contributed by atoms with Gasteiger partial charge in [0.25, 0.3) is 0 Å². The molecule has 4 atom stereocenters. The lowest BCUT2D eigenvalue weighted by atomic mass is 9.69. The summed E-state index contributed by atoms with van der Waals surface area (Å²) in [5, 5.41) is 1.32. The molecule has 4 heteroatoms. The van der Waals surface area contributed by atoms with Gasteiger partial charge in [0, 0.05) is 53.4 Å². The van der Waals surface area contributed by atoms with E-state index in [9.17, 15) is 4.79 Å². The number of benzene rings is 1. The number of hydrogen-bond acceptors (Lipinski definition) is 3. The van der Waals surface area contributed by atoms with Gasteiger partial charge in [-0.3, -0.25) is 4.79 Å². The third kappa shape index (κ3) is 2.73. The molecule has 1 fully saturated rings. The van der Waals surface area contributed by atoms with Gasteiger partial charge in [0.15, 0.2) is 0 Å². The molecular weight excluding hydrogens is 336 g/mol. The van der Waals surface area contributed by atoms with Gasteiger partial charge < -0.3 is 14.6 Å². The average molecular weight is 367 g/mol. The molecule has 1 aliphatic carbocycles. The summed E-state index contributed by atoms with van der Waals surface area (Å²) >= 11 is 0. The van der Waals surface area contributed by atoms with Crippen LogP contribution in [0.2, 0.25) is 0 Å². The molecule has 0 spiro atoms. The highest BCUT2D eigenvalue weighted by Crippen LogP contribution is 2.48. The van der Waals surface area contributed by atoms with Gasteiger partial charge in [0.1, 0.15) is 6.10 Å². The number of likely N-dealkylation sites (tertiary alicyclic amines) is 1. The zero-order valence-electron chi connectivity index (χ0n) is 17.0. The molecule has 0 amide bonds. The first-order valence-corrected chi connectivity index (χ1v) is 9.89. The van der Waals surface area contributed by atoms with Gasteiger partial charge in [-0.2, -0.15) is 0 Å². The van der Waals surface area contributed by atoms with Gasteiger partial charge in [-0.1, -0.05) is 39.0 Å². The average Bonchev–Trinajstić information content (AvgIpc) is 2.99. The van der Waals surface area contributed by atoms with Crippen molar-refractivity contribution in [2.24, 2.45) is 5.92 Å². The Balaban J connectivity index is 1.94. The maximum atomic E-state index is 11.8. The molecule has 2 heterocycles. The standard InChI is InChI=1S/C23H30N2O2/c1-7-23(4,5)22-16-11-18-20(15-9-8-10-17(24-22)19(15)16)21(27-14(3)26)13(2)12-25(18)6/h7-10,13,18,20-21,24H,1,11-12H2,2-6H3/t13-,18-,20+,21-/m0/s1. The van der Waals surface area contributed by atoms with Crippen molar-refractivity contribution in [1.82, 2.24) is 9.88 Å². The van der Waals surface area contributed by atoms with Gasteiger partial charge in [-0.05, 0) is 30.7 Å². The maximum Gasteiger partial charge on any atom is 0.302 e. The van der Waals surface area contributed by atoms with E-state index in [1.807, 2.05) is 6.08 Å². The van der Waals surface area contributed by atoms with Crippen molar-refractivity contribution in [2.45, 2.75) is 57.6 Å². The topological polar surface area (TPSA) is 45.3 Å². The SMILES string of the molecule is C=CC(C)(C)c1[nH]c2cccc3c2c1C[C@H]1[C@@H]3[C@@H](OC(C)=O)[C@@H](C)CN1C. The van der Waals surface area contributed by atoms with Crippen molar-refractivity contribution in [3.05, 3.63) is 47.7 Å². The molecule has 4 rings (SSSR count). The zero-order chi connectivity index (χ0) is 19.5. The Morgan fingerprint density at radius 2 is 2.15 bits per heavy atom. The maximum absolute atomic E-state index is 11.8. The first-order valence-electron chi connectivity index (χ1n) is 9.89. The van der Waals surface area contributed by atoms with Crippen molar-refractivity contribution in [3.8, 4) is 0 Å². The second-order valence-electron chi connectivity index (χ2n) is 8.96. The molecule has 4 nitrogen and oxygen atoms in total. The van der Waals surface area contributed by atoms with Crippen molar-refractivity contribution in [3.63, 3.8) is 0 Å². The number of H-pyrrole nitrogens is 1. The fraction of sp³-hybridized carbons (Fsp3) is 0.522. The molecular formula is C23H30N2O2. The summed E-state index contributed by atoms with van der Waals surface area (Å²) in [5.41, 5.74) is 5.03. The van der Waals surface area contributed by atoms with E-state index < -0.39 is 0 Å². The summed E-state index contributed by atoms with van der Waals surface area (Å²) in [6, 6.07) is 6.83. The monoisotopic (exact) mass is 366 g/mol. The Morgan fingerprint density at radius 3 is 2.81 bits per heavy atom. The molecule has 1 aliphatic heterocycles. The highest BCUT2D eigenvalue weighted by molar-refractivity contribution is 5.90. The summed E-state index contributed by atoms with van der Waals surface area (Å²) < 4.78 is 5.87. The smallest absolute Gasteiger partial charge is 0.302 e. The van der Waals surface area contributed by atoms with Gasteiger partial charge >= 0.3 is 5.97 Å². The quantitative estimate of drug-likeness (QED) is 0.655. The van der Waals surface area contributed by atoms with E-state index in [2.05, 4.69) is 62.5 Å². The number of aromatic amines is 1. The molecule has 0 saturated carbocycles. The van der Waals surface area contributed by atoms with Crippen molar-refractivity contribution < 1.29 is 9.53 Å². The number of hydrogen-bond donors (Lipinski definition) is 1. The third-order valence-electron chi connectivity index (χ3n) is 6.66. The minimum absolute atomic E-state index is 0.0757. The number of piperidine rings is 1. The summed E-state index contributed by atoms with van der Waals surface area (Å²) in [6.07, 6.45) is 2.91. The molecule has 1 N–H and O–H groups in total. The molecule has 1 aromatic heterocycles. The number of likely N-dealkylation sites (N-methyl/N-ethyl adjacent to an activating group) is 1. The lowest BCUT2D eigenvalue weighted by Crippen LogP contribution is -2.55. The summed E-state index contributed by atoms with van der Waals surface area (Å²) in [6.45, 7) is 13.1. The first-order chi connectivity index (χ1) is 12.7. The molecule has 2 aliphatic rings. The lowest BCUT2D eigenvalue weighted by molar-refractivity contribution is -0.155. The largest absolute Gasteiger partial charge is 0.462 e. The predicted molar refractivity (Wildman–Crippen MR) is 109 cm³/mol. The van der Waals surface area contributed by atoms with Gasteiger partial charge in [-0.25, -0.2) is 0 Å². The first kappa shape index (κ1) is 18.3.